The zero-order valence-electron chi connectivity index (χ0n) is 9.55. The molecule has 3 heteroatoms. The minimum Gasteiger partial charge on any atom is -0.344 e. The van der Waals surface area contributed by atoms with Gasteiger partial charge in [0.25, 0.3) is 0 Å². The van der Waals surface area contributed by atoms with Gasteiger partial charge in [0.1, 0.15) is 0 Å². The molecule has 1 aliphatic carbocycles. The normalized spacial score (nSPS) is 19.0. The van der Waals surface area contributed by atoms with Crippen LogP contribution in [0, 0.1) is 24.2 Å². The quantitative estimate of drug-likeness (QED) is 0.633. The Kier molecular flexibility index (Phi) is 4.64. The van der Waals surface area contributed by atoms with Crippen molar-refractivity contribution in [2.45, 2.75) is 32.7 Å². The summed E-state index contributed by atoms with van der Waals surface area (Å²) in [7, 11) is 0. The lowest BCUT2D eigenvalue weighted by molar-refractivity contribution is -0.122. The fourth-order valence-corrected chi connectivity index (χ4v) is 1.58. The molecule has 1 saturated carbocycles. The molecule has 1 aliphatic rings. The van der Waals surface area contributed by atoms with Gasteiger partial charge in [-0.2, -0.15) is 0 Å². The Bertz CT molecular complexity index is 253. The van der Waals surface area contributed by atoms with Crippen LogP contribution in [0.15, 0.2) is 0 Å². The predicted molar refractivity (Wildman–Crippen MR) is 61.2 cm³/mol. The number of carbonyl (C=O) groups excluding carboxylic acids is 1. The predicted octanol–water partition coefficient (Wildman–Crippen LogP) is 0.760. The van der Waals surface area contributed by atoms with E-state index >= 15 is 0 Å². The van der Waals surface area contributed by atoms with Gasteiger partial charge in [-0.1, -0.05) is 12.8 Å². The zero-order valence-corrected chi connectivity index (χ0v) is 9.55. The number of terminal acetylenes is 1. The molecule has 15 heavy (non-hydrogen) atoms. The van der Waals surface area contributed by atoms with Crippen molar-refractivity contribution in [3.05, 3.63) is 0 Å². The van der Waals surface area contributed by atoms with E-state index in [1.165, 1.54) is 12.8 Å². The van der Waals surface area contributed by atoms with E-state index in [2.05, 4.69) is 23.5 Å². The second kappa shape index (κ2) is 5.77. The van der Waals surface area contributed by atoms with Crippen LogP contribution in [0.3, 0.4) is 0 Å². The standard InChI is InChI=1S/C12H20N2O/c1-4-7-13-12(15)10(3)14-8-9(2)11-5-6-11/h1,9-11,14H,5-8H2,2-3H3,(H,13,15). The number of nitrogens with one attached hydrogen (secondary N) is 2. The second-order valence-electron chi connectivity index (χ2n) is 4.37. The molecule has 0 radical (unpaired) electrons. The summed E-state index contributed by atoms with van der Waals surface area (Å²) >= 11 is 0. The summed E-state index contributed by atoms with van der Waals surface area (Å²) in [5, 5.41) is 5.89. The monoisotopic (exact) mass is 208 g/mol. The lowest BCUT2D eigenvalue weighted by atomic mass is 10.1. The van der Waals surface area contributed by atoms with Gasteiger partial charge < -0.3 is 10.6 Å². The Morgan fingerprint density at radius 2 is 2.20 bits per heavy atom. The minimum atomic E-state index is -0.153. The van der Waals surface area contributed by atoms with E-state index < -0.39 is 0 Å². The maximum absolute atomic E-state index is 11.4. The van der Waals surface area contributed by atoms with Gasteiger partial charge in [-0.25, -0.2) is 0 Å². The number of carbonyl (C=O) groups is 1. The number of hydrogen-bond donors (Lipinski definition) is 2. The molecule has 1 rings (SSSR count). The minimum absolute atomic E-state index is 0.0176. The third-order valence-corrected chi connectivity index (χ3v) is 2.93. The molecule has 3 nitrogen and oxygen atoms in total. The third-order valence-electron chi connectivity index (χ3n) is 2.93. The lowest BCUT2D eigenvalue weighted by Gasteiger charge is -2.16. The first-order valence-electron chi connectivity index (χ1n) is 5.59. The summed E-state index contributed by atoms with van der Waals surface area (Å²) in [5.41, 5.74) is 0. The highest BCUT2D eigenvalue weighted by molar-refractivity contribution is 5.81. The Morgan fingerprint density at radius 1 is 1.53 bits per heavy atom. The van der Waals surface area contributed by atoms with E-state index in [1.807, 2.05) is 6.92 Å². The van der Waals surface area contributed by atoms with Crippen LogP contribution in [-0.2, 0) is 4.79 Å². The van der Waals surface area contributed by atoms with Crippen LogP contribution in [0.25, 0.3) is 0 Å². The van der Waals surface area contributed by atoms with Gasteiger partial charge in [0.2, 0.25) is 5.91 Å². The van der Waals surface area contributed by atoms with E-state index in [0.717, 1.165) is 12.5 Å². The lowest BCUT2D eigenvalue weighted by Crippen LogP contribution is -2.43. The smallest absolute Gasteiger partial charge is 0.237 e. The Labute approximate surface area is 92.0 Å². The first-order valence-corrected chi connectivity index (χ1v) is 5.59. The molecule has 2 atom stereocenters. The highest BCUT2D eigenvalue weighted by Gasteiger charge is 2.28. The first kappa shape index (κ1) is 12.1. The molecule has 1 fully saturated rings. The highest BCUT2D eigenvalue weighted by atomic mass is 16.2. The molecule has 0 aromatic rings. The molecule has 0 aromatic heterocycles. The van der Waals surface area contributed by atoms with Gasteiger partial charge in [-0.3, -0.25) is 4.79 Å². The summed E-state index contributed by atoms with van der Waals surface area (Å²) in [4.78, 5) is 11.4. The van der Waals surface area contributed by atoms with Gasteiger partial charge in [-0.05, 0) is 38.1 Å². The van der Waals surface area contributed by atoms with Gasteiger partial charge in [0.15, 0.2) is 0 Å². The molecular weight excluding hydrogens is 188 g/mol. The van der Waals surface area contributed by atoms with E-state index in [4.69, 9.17) is 6.42 Å². The van der Waals surface area contributed by atoms with Crippen molar-refractivity contribution in [1.29, 1.82) is 0 Å². The SMILES string of the molecule is C#CCNC(=O)C(C)NCC(C)C1CC1. The van der Waals surface area contributed by atoms with Gasteiger partial charge in [0.05, 0.1) is 12.6 Å². The molecule has 2 unspecified atom stereocenters. The average Bonchev–Trinajstić information content (AvgIpc) is 3.05. The van der Waals surface area contributed by atoms with Crippen molar-refractivity contribution >= 4 is 5.91 Å². The van der Waals surface area contributed by atoms with Gasteiger partial charge in [-0.15, -0.1) is 6.42 Å². The molecule has 2 N–H and O–H groups in total. The van der Waals surface area contributed by atoms with Crippen LogP contribution >= 0.6 is 0 Å². The zero-order chi connectivity index (χ0) is 11.3. The van der Waals surface area contributed by atoms with Crippen molar-refractivity contribution in [3.63, 3.8) is 0 Å². The third kappa shape index (κ3) is 4.35. The van der Waals surface area contributed by atoms with Crippen LogP contribution < -0.4 is 10.6 Å². The van der Waals surface area contributed by atoms with Crippen LogP contribution in [0.5, 0.6) is 0 Å². The fraction of sp³-hybridized carbons (Fsp3) is 0.750. The number of amides is 1. The molecule has 0 saturated heterocycles. The van der Waals surface area contributed by atoms with Crippen molar-refractivity contribution < 1.29 is 4.79 Å². The Morgan fingerprint density at radius 3 is 2.73 bits per heavy atom. The number of rotatable bonds is 6. The van der Waals surface area contributed by atoms with Crippen molar-refractivity contribution in [3.8, 4) is 12.3 Å². The Balaban J connectivity index is 2.13. The topological polar surface area (TPSA) is 41.1 Å². The van der Waals surface area contributed by atoms with Gasteiger partial charge >= 0.3 is 0 Å². The maximum atomic E-state index is 11.4. The van der Waals surface area contributed by atoms with Gasteiger partial charge in [0, 0.05) is 0 Å². The first-order chi connectivity index (χ1) is 7.15. The van der Waals surface area contributed by atoms with Crippen molar-refractivity contribution in [2.24, 2.45) is 11.8 Å². The van der Waals surface area contributed by atoms with Crippen molar-refractivity contribution in [1.82, 2.24) is 10.6 Å². The summed E-state index contributed by atoms with van der Waals surface area (Å²) in [6.07, 6.45) is 7.76. The average molecular weight is 208 g/mol. The molecular formula is C12H20N2O. The molecule has 0 aromatic carbocycles. The molecule has 84 valence electrons. The summed E-state index contributed by atoms with van der Waals surface area (Å²) < 4.78 is 0. The van der Waals surface area contributed by atoms with Crippen LogP contribution in [0.2, 0.25) is 0 Å². The van der Waals surface area contributed by atoms with E-state index in [-0.39, 0.29) is 11.9 Å². The highest BCUT2D eigenvalue weighted by Crippen LogP contribution is 2.36. The van der Waals surface area contributed by atoms with Crippen LogP contribution in [0.1, 0.15) is 26.7 Å². The summed E-state index contributed by atoms with van der Waals surface area (Å²) in [6.45, 7) is 5.32. The molecule has 0 bridgehead atoms. The summed E-state index contributed by atoms with van der Waals surface area (Å²) in [6, 6.07) is -0.153. The molecule has 0 heterocycles. The molecule has 1 amide bonds. The summed E-state index contributed by atoms with van der Waals surface area (Å²) in [5.74, 6) is 3.92. The maximum Gasteiger partial charge on any atom is 0.237 e. The second-order valence-corrected chi connectivity index (χ2v) is 4.37. The molecule has 0 spiro atoms. The van der Waals surface area contributed by atoms with E-state index in [1.54, 1.807) is 0 Å². The number of hydrogen-bond acceptors (Lipinski definition) is 2. The van der Waals surface area contributed by atoms with E-state index in [9.17, 15) is 4.79 Å². The van der Waals surface area contributed by atoms with Crippen molar-refractivity contribution in [2.75, 3.05) is 13.1 Å². The van der Waals surface area contributed by atoms with Crippen LogP contribution in [-0.4, -0.2) is 25.0 Å². The van der Waals surface area contributed by atoms with E-state index in [0.29, 0.717) is 12.5 Å². The Hall–Kier alpha value is -1.01. The largest absolute Gasteiger partial charge is 0.344 e. The fourth-order valence-electron chi connectivity index (χ4n) is 1.58. The molecule has 0 aliphatic heterocycles. The van der Waals surface area contributed by atoms with Crippen LogP contribution in [0.4, 0.5) is 0 Å².